The minimum absolute atomic E-state index is 0.118. The molecule has 4 N–H and O–H groups in total. The van der Waals surface area contributed by atoms with Crippen LogP contribution in [0.25, 0.3) is 0 Å². The molecule has 2 aromatic rings. The maximum Gasteiger partial charge on any atom is 0.238 e. The predicted molar refractivity (Wildman–Crippen MR) is 126 cm³/mol. The van der Waals surface area contributed by atoms with E-state index in [4.69, 9.17) is 14.9 Å². The summed E-state index contributed by atoms with van der Waals surface area (Å²) in [4.78, 5) is 4.82. The predicted octanol–water partition coefficient (Wildman–Crippen LogP) is 3.12. The van der Waals surface area contributed by atoms with Gasteiger partial charge in [-0.1, -0.05) is 31.2 Å². The van der Waals surface area contributed by atoms with Gasteiger partial charge >= 0.3 is 0 Å². The third-order valence-corrected chi connectivity index (χ3v) is 5.76. The molecular weight excluding hydrogens is 412 g/mol. The van der Waals surface area contributed by atoms with Gasteiger partial charge in [0.2, 0.25) is 10.0 Å². The van der Waals surface area contributed by atoms with Gasteiger partial charge in [0.25, 0.3) is 0 Å². The Morgan fingerprint density at radius 2 is 1.84 bits per heavy atom. The first-order chi connectivity index (χ1) is 14.7. The number of ether oxygens (including phenoxy) is 1. The number of nitrogens with one attached hydrogen (secondary N) is 2. The number of rotatable bonds is 10. The van der Waals surface area contributed by atoms with Crippen LogP contribution in [0, 0.1) is 6.92 Å². The lowest BCUT2D eigenvalue weighted by atomic mass is 10.1. The van der Waals surface area contributed by atoms with E-state index in [0.29, 0.717) is 13.1 Å². The second-order valence-corrected chi connectivity index (χ2v) is 9.07. The van der Waals surface area contributed by atoms with E-state index in [2.05, 4.69) is 49.6 Å². The van der Waals surface area contributed by atoms with Crippen molar-refractivity contribution in [2.45, 2.75) is 58.1 Å². The molecule has 170 valence electrons. The van der Waals surface area contributed by atoms with Crippen molar-refractivity contribution in [1.29, 1.82) is 0 Å². The van der Waals surface area contributed by atoms with Gasteiger partial charge in [-0.3, -0.25) is 0 Å². The van der Waals surface area contributed by atoms with Crippen LogP contribution in [0.3, 0.4) is 0 Å². The average molecular weight is 447 g/mol. The number of hydrogen-bond acceptors (Lipinski definition) is 4. The molecule has 0 amide bonds. The molecule has 7 nitrogen and oxygen atoms in total. The molecule has 0 heterocycles. The third kappa shape index (κ3) is 8.22. The van der Waals surface area contributed by atoms with Gasteiger partial charge < -0.3 is 15.4 Å². The zero-order valence-electron chi connectivity index (χ0n) is 18.8. The molecule has 1 atom stereocenters. The summed E-state index contributed by atoms with van der Waals surface area (Å²) in [5, 5.41) is 11.7. The lowest BCUT2D eigenvalue weighted by Gasteiger charge is -2.17. The summed E-state index contributed by atoms with van der Waals surface area (Å²) >= 11 is 0. The van der Waals surface area contributed by atoms with Crippen LogP contribution in [0.1, 0.15) is 43.9 Å². The van der Waals surface area contributed by atoms with Gasteiger partial charge in [-0.25, -0.2) is 18.5 Å². The van der Waals surface area contributed by atoms with Gasteiger partial charge in [-0.2, -0.15) is 0 Å². The first-order valence-electron chi connectivity index (χ1n) is 10.6. The first-order valence-corrected chi connectivity index (χ1v) is 12.2. The van der Waals surface area contributed by atoms with E-state index in [0.717, 1.165) is 47.8 Å². The van der Waals surface area contributed by atoms with E-state index in [1.807, 2.05) is 6.92 Å². The minimum atomic E-state index is -3.67. The lowest BCUT2D eigenvalue weighted by Crippen LogP contribution is -2.38. The summed E-state index contributed by atoms with van der Waals surface area (Å²) in [7, 11) is -3.67. The van der Waals surface area contributed by atoms with Crippen LogP contribution in [0.5, 0.6) is 5.75 Å². The molecule has 0 aliphatic heterocycles. The van der Waals surface area contributed by atoms with Crippen LogP contribution in [-0.2, 0) is 23.0 Å². The summed E-state index contributed by atoms with van der Waals surface area (Å²) in [5.74, 6) is 1.60. The molecule has 2 rings (SSSR count). The number of benzene rings is 2. The Morgan fingerprint density at radius 1 is 1.13 bits per heavy atom. The van der Waals surface area contributed by atoms with E-state index in [1.54, 1.807) is 12.1 Å². The van der Waals surface area contributed by atoms with Crippen LogP contribution in [0.2, 0.25) is 0 Å². The largest absolute Gasteiger partial charge is 0.490 e. The highest BCUT2D eigenvalue weighted by atomic mass is 32.2. The number of hydrogen-bond donors (Lipinski definition) is 3. The molecule has 0 radical (unpaired) electrons. The van der Waals surface area contributed by atoms with Crippen molar-refractivity contribution in [3.63, 3.8) is 0 Å². The highest BCUT2D eigenvalue weighted by Gasteiger charge is 2.09. The van der Waals surface area contributed by atoms with Crippen LogP contribution in [0.4, 0.5) is 0 Å². The molecule has 0 aliphatic rings. The van der Waals surface area contributed by atoms with E-state index in [9.17, 15) is 8.42 Å². The lowest BCUT2D eigenvalue weighted by molar-refractivity contribution is 0.215. The first kappa shape index (κ1) is 24.7. The van der Waals surface area contributed by atoms with Crippen LogP contribution >= 0.6 is 0 Å². The van der Waals surface area contributed by atoms with E-state index in [-0.39, 0.29) is 11.0 Å². The number of guanidine groups is 1. The molecule has 0 aliphatic carbocycles. The van der Waals surface area contributed by atoms with Crippen LogP contribution < -0.4 is 20.5 Å². The highest BCUT2D eigenvalue weighted by Crippen LogP contribution is 2.23. The molecule has 0 saturated heterocycles. The monoisotopic (exact) mass is 446 g/mol. The van der Waals surface area contributed by atoms with Crippen molar-refractivity contribution >= 4 is 16.0 Å². The molecule has 1 unspecified atom stereocenters. The fourth-order valence-electron chi connectivity index (χ4n) is 2.88. The molecule has 0 spiro atoms. The van der Waals surface area contributed by atoms with Crippen molar-refractivity contribution in [1.82, 2.24) is 10.6 Å². The van der Waals surface area contributed by atoms with Gasteiger partial charge in [-0.15, -0.1) is 0 Å². The number of aryl methyl sites for hydroxylation is 1. The standard InChI is InChI=1S/C23H34N4O3S/c1-5-18(4)30-22-15-17(3)7-10-20(22)16-27-23(25-6-2)26-14-13-19-8-11-21(12-9-19)31(24,28)29/h7-12,15,18H,5-6,13-14,16H2,1-4H3,(H2,24,28,29)(H2,25,26,27). The average Bonchev–Trinajstić information content (AvgIpc) is 2.72. The summed E-state index contributed by atoms with van der Waals surface area (Å²) in [6.07, 6.45) is 1.82. The Kier molecular flexibility index (Phi) is 9.33. The Hall–Kier alpha value is -2.58. The summed E-state index contributed by atoms with van der Waals surface area (Å²) < 4.78 is 28.8. The summed E-state index contributed by atoms with van der Waals surface area (Å²) in [6, 6.07) is 12.8. The van der Waals surface area contributed by atoms with Crippen molar-refractivity contribution in [3.05, 3.63) is 59.2 Å². The zero-order valence-corrected chi connectivity index (χ0v) is 19.6. The van der Waals surface area contributed by atoms with Gasteiger partial charge in [0.1, 0.15) is 5.75 Å². The number of nitrogens with two attached hydrogens (primary N) is 1. The number of primary sulfonamides is 1. The highest BCUT2D eigenvalue weighted by molar-refractivity contribution is 7.89. The van der Waals surface area contributed by atoms with E-state index < -0.39 is 10.0 Å². The Labute approximate surface area is 186 Å². The topological polar surface area (TPSA) is 106 Å². The van der Waals surface area contributed by atoms with Gasteiger partial charge in [0.15, 0.2) is 5.96 Å². The summed E-state index contributed by atoms with van der Waals surface area (Å²) in [6.45, 7) is 10.2. The fraction of sp³-hybridized carbons (Fsp3) is 0.435. The zero-order chi connectivity index (χ0) is 22.9. The minimum Gasteiger partial charge on any atom is -0.490 e. The Bertz CT molecular complexity index is 973. The van der Waals surface area contributed by atoms with Gasteiger partial charge in [-0.05, 0) is 62.9 Å². The van der Waals surface area contributed by atoms with E-state index in [1.165, 1.54) is 12.1 Å². The molecule has 31 heavy (non-hydrogen) atoms. The molecular formula is C23H34N4O3S. The second-order valence-electron chi connectivity index (χ2n) is 7.51. The van der Waals surface area contributed by atoms with Crippen LogP contribution in [-0.4, -0.2) is 33.6 Å². The van der Waals surface area contributed by atoms with E-state index >= 15 is 0 Å². The second kappa shape index (κ2) is 11.7. The SMILES string of the molecule is CCNC(=NCc1ccc(C)cc1OC(C)CC)NCCc1ccc(S(N)(=O)=O)cc1. The fourth-order valence-corrected chi connectivity index (χ4v) is 3.39. The molecule has 0 bridgehead atoms. The quantitative estimate of drug-likeness (QED) is 0.384. The van der Waals surface area contributed by atoms with Crippen molar-refractivity contribution in [2.75, 3.05) is 13.1 Å². The number of nitrogens with zero attached hydrogens (tertiary/aromatic N) is 1. The maximum atomic E-state index is 11.4. The normalized spacial score (nSPS) is 13.0. The Balaban J connectivity index is 2.01. The van der Waals surface area contributed by atoms with Crippen LogP contribution in [0.15, 0.2) is 52.4 Å². The third-order valence-electron chi connectivity index (χ3n) is 4.84. The van der Waals surface area contributed by atoms with Crippen molar-refractivity contribution in [2.24, 2.45) is 10.1 Å². The smallest absolute Gasteiger partial charge is 0.238 e. The molecule has 0 saturated carbocycles. The molecule has 2 aromatic carbocycles. The molecule has 0 aromatic heterocycles. The van der Waals surface area contributed by atoms with Gasteiger partial charge in [0, 0.05) is 18.7 Å². The molecule has 0 fully saturated rings. The van der Waals surface area contributed by atoms with Crippen molar-refractivity contribution < 1.29 is 13.2 Å². The summed E-state index contributed by atoms with van der Waals surface area (Å²) in [5.41, 5.74) is 3.21. The number of aliphatic imine (C=N–C) groups is 1. The van der Waals surface area contributed by atoms with Crippen molar-refractivity contribution in [3.8, 4) is 5.75 Å². The van der Waals surface area contributed by atoms with Gasteiger partial charge in [0.05, 0.1) is 17.5 Å². The number of sulfonamides is 1. The molecule has 8 heteroatoms. The Morgan fingerprint density at radius 3 is 2.45 bits per heavy atom. The maximum absolute atomic E-state index is 11.4.